The van der Waals surface area contributed by atoms with E-state index in [1.54, 1.807) is 29.4 Å². The highest BCUT2D eigenvalue weighted by molar-refractivity contribution is 6.04. The average molecular weight is 419 g/mol. The smallest absolute Gasteiger partial charge is 0.255 e. The van der Waals surface area contributed by atoms with Crippen molar-refractivity contribution in [1.82, 2.24) is 19.7 Å². The van der Waals surface area contributed by atoms with Crippen molar-refractivity contribution in [2.45, 2.75) is 13.8 Å². The van der Waals surface area contributed by atoms with Gasteiger partial charge in [-0.25, -0.2) is 0 Å². The van der Waals surface area contributed by atoms with Crippen molar-refractivity contribution in [2.75, 3.05) is 36.4 Å². The summed E-state index contributed by atoms with van der Waals surface area (Å²) in [4.78, 5) is 29.0. The van der Waals surface area contributed by atoms with Crippen molar-refractivity contribution in [1.29, 1.82) is 0 Å². The number of hydrogen-bond donors (Lipinski definition) is 1. The molecule has 0 bridgehead atoms. The third-order valence-electron chi connectivity index (χ3n) is 5.40. The van der Waals surface area contributed by atoms with Gasteiger partial charge in [-0.05, 0) is 42.5 Å². The molecule has 2 aromatic carbocycles. The molecular formula is C23H26N6O2. The van der Waals surface area contributed by atoms with Gasteiger partial charge in [-0.2, -0.15) is 0 Å². The number of carbonyl (C=O) groups excluding carboxylic acids is 2. The Morgan fingerprint density at radius 3 is 2.23 bits per heavy atom. The minimum atomic E-state index is -0.177. The number of anilines is 2. The minimum absolute atomic E-state index is 0.0340. The van der Waals surface area contributed by atoms with Gasteiger partial charge in [0.25, 0.3) is 5.91 Å². The van der Waals surface area contributed by atoms with Gasteiger partial charge in [0.1, 0.15) is 12.7 Å². The van der Waals surface area contributed by atoms with Crippen molar-refractivity contribution in [3.63, 3.8) is 0 Å². The predicted molar refractivity (Wildman–Crippen MR) is 119 cm³/mol. The molecule has 8 heteroatoms. The van der Waals surface area contributed by atoms with E-state index in [9.17, 15) is 9.59 Å². The van der Waals surface area contributed by atoms with Crippen molar-refractivity contribution >= 4 is 23.2 Å². The lowest BCUT2D eigenvalue weighted by molar-refractivity contribution is -0.134. The first kappa shape index (κ1) is 20.6. The molecule has 4 rings (SSSR count). The summed E-state index contributed by atoms with van der Waals surface area (Å²) in [6.07, 6.45) is 3.18. The van der Waals surface area contributed by atoms with Crippen LogP contribution in [0.25, 0.3) is 5.69 Å². The molecule has 3 aromatic rings. The fraction of sp³-hybridized carbons (Fsp3) is 0.304. The molecule has 1 aliphatic heterocycles. The summed E-state index contributed by atoms with van der Waals surface area (Å²) in [7, 11) is 0. The van der Waals surface area contributed by atoms with Crippen molar-refractivity contribution < 1.29 is 9.59 Å². The Morgan fingerprint density at radius 1 is 0.903 bits per heavy atom. The number of carbonyl (C=O) groups is 2. The molecule has 0 aliphatic carbocycles. The Labute approximate surface area is 181 Å². The van der Waals surface area contributed by atoms with Gasteiger partial charge in [-0.3, -0.25) is 14.2 Å². The Balaban J connectivity index is 1.37. The number of amides is 2. The van der Waals surface area contributed by atoms with E-state index in [0.29, 0.717) is 5.56 Å². The van der Waals surface area contributed by atoms with E-state index in [-0.39, 0.29) is 17.7 Å². The number of rotatable bonds is 5. The fourth-order valence-electron chi connectivity index (χ4n) is 3.65. The second kappa shape index (κ2) is 8.99. The van der Waals surface area contributed by atoms with Crippen LogP contribution in [0.4, 0.5) is 11.4 Å². The van der Waals surface area contributed by atoms with Crippen LogP contribution >= 0.6 is 0 Å². The molecule has 0 radical (unpaired) electrons. The first-order valence-corrected chi connectivity index (χ1v) is 10.4. The summed E-state index contributed by atoms with van der Waals surface area (Å²) in [6.45, 7) is 6.95. The van der Waals surface area contributed by atoms with Gasteiger partial charge in [-0.1, -0.05) is 19.9 Å². The minimum Gasteiger partial charge on any atom is -0.368 e. The maximum absolute atomic E-state index is 12.7. The molecule has 1 saturated heterocycles. The summed E-state index contributed by atoms with van der Waals surface area (Å²) in [5.74, 6) is 0.0707. The number of nitrogens with one attached hydrogen (secondary N) is 1. The van der Waals surface area contributed by atoms with Gasteiger partial charge < -0.3 is 15.1 Å². The molecule has 2 heterocycles. The van der Waals surface area contributed by atoms with Gasteiger partial charge in [0.2, 0.25) is 5.91 Å². The summed E-state index contributed by atoms with van der Waals surface area (Å²) in [5.41, 5.74) is 3.20. The van der Waals surface area contributed by atoms with Crippen LogP contribution in [0, 0.1) is 5.92 Å². The molecule has 0 unspecified atom stereocenters. The number of hydrogen-bond acceptors (Lipinski definition) is 5. The van der Waals surface area contributed by atoms with E-state index in [2.05, 4.69) is 20.4 Å². The third-order valence-corrected chi connectivity index (χ3v) is 5.40. The standard InChI is InChI=1S/C23H26N6O2/c1-17(2)23(31)28-12-10-27(11-13-28)20-8-6-19(7-9-20)26-22(30)18-4-3-5-21(14-18)29-15-24-25-16-29/h3-9,14-17H,10-13H2,1-2H3,(H,26,30). The second-order valence-electron chi connectivity index (χ2n) is 7.89. The van der Waals surface area contributed by atoms with E-state index < -0.39 is 0 Å². The molecular weight excluding hydrogens is 392 g/mol. The molecule has 1 fully saturated rings. The van der Waals surface area contributed by atoms with E-state index in [0.717, 1.165) is 43.2 Å². The second-order valence-corrected chi connectivity index (χ2v) is 7.89. The molecule has 1 N–H and O–H groups in total. The first-order chi connectivity index (χ1) is 15.0. The topological polar surface area (TPSA) is 83.4 Å². The molecule has 0 atom stereocenters. The van der Waals surface area contributed by atoms with Crippen LogP contribution in [0.15, 0.2) is 61.2 Å². The Hall–Kier alpha value is -3.68. The van der Waals surface area contributed by atoms with Gasteiger partial charge in [0, 0.05) is 54.7 Å². The molecule has 31 heavy (non-hydrogen) atoms. The van der Waals surface area contributed by atoms with E-state index >= 15 is 0 Å². The number of nitrogens with zero attached hydrogens (tertiary/aromatic N) is 5. The van der Waals surface area contributed by atoms with Crippen molar-refractivity contribution in [3.05, 3.63) is 66.7 Å². The van der Waals surface area contributed by atoms with Crippen molar-refractivity contribution in [2.24, 2.45) is 5.92 Å². The van der Waals surface area contributed by atoms with E-state index in [4.69, 9.17) is 0 Å². The van der Waals surface area contributed by atoms with Crippen LogP contribution in [-0.4, -0.2) is 57.7 Å². The van der Waals surface area contributed by atoms with Gasteiger partial charge in [0.15, 0.2) is 0 Å². The summed E-state index contributed by atoms with van der Waals surface area (Å²) < 4.78 is 1.75. The van der Waals surface area contributed by atoms with Gasteiger partial charge in [0.05, 0.1) is 0 Å². The first-order valence-electron chi connectivity index (χ1n) is 10.4. The average Bonchev–Trinajstić information content (AvgIpc) is 3.34. The van der Waals surface area contributed by atoms with Crippen LogP contribution in [0.1, 0.15) is 24.2 Å². The fourth-order valence-corrected chi connectivity index (χ4v) is 3.65. The maximum atomic E-state index is 12.7. The lowest BCUT2D eigenvalue weighted by atomic mass is 10.1. The summed E-state index contributed by atoms with van der Waals surface area (Å²) in [5, 5.41) is 10.5. The summed E-state index contributed by atoms with van der Waals surface area (Å²) in [6, 6.07) is 15.1. The Morgan fingerprint density at radius 2 is 1.58 bits per heavy atom. The molecule has 0 saturated carbocycles. The zero-order valence-corrected chi connectivity index (χ0v) is 17.7. The van der Waals surface area contributed by atoms with Crippen LogP contribution in [-0.2, 0) is 4.79 Å². The molecule has 160 valence electrons. The molecule has 0 spiro atoms. The molecule has 2 amide bonds. The lowest BCUT2D eigenvalue weighted by Gasteiger charge is -2.37. The van der Waals surface area contributed by atoms with Gasteiger partial charge in [-0.15, -0.1) is 10.2 Å². The van der Waals surface area contributed by atoms with Crippen LogP contribution in [0.3, 0.4) is 0 Å². The Bertz CT molecular complexity index is 1040. The van der Waals surface area contributed by atoms with E-state index in [1.807, 2.05) is 55.1 Å². The highest BCUT2D eigenvalue weighted by atomic mass is 16.2. The molecule has 1 aromatic heterocycles. The SMILES string of the molecule is CC(C)C(=O)N1CCN(c2ccc(NC(=O)c3cccc(-n4cnnc4)c3)cc2)CC1. The van der Waals surface area contributed by atoms with Crippen LogP contribution in [0.5, 0.6) is 0 Å². The number of piperazine rings is 1. The quantitative estimate of drug-likeness (QED) is 0.689. The third kappa shape index (κ3) is 4.74. The van der Waals surface area contributed by atoms with Crippen molar-refractivity contribution in [3.8, 4) is 5.69 Å². The number of aromatic nitrogens is 3. The maximum Gasteiger partial charge on any atom is 0.255 e. The molecule has 1 aliphatic rings. The van der Waals surface area contributed by atoms with Crippen LogP contribution in [0.2, 0.25) is 0 Å². The normalized spacial score (nSPS) is 14.0. The highest BCUT2D eigenvalue weighted by Crippen LogP contribution is 2.21. The number of benzene rings is 2. The predicted octanol–water partition coefficient (Wildman–Crippen LogP) is 2.82. The van der Waals surface area contributed by atoms with Gasteiger partial charge >= 0.3 is 0 Å². The molecule has 8 nitrogen and oxygen atoms in total. The summed E-state index contributed by atoms with van der Waals surface area (Å²) >= 11 is 0. The largest absolute Gasteiger partial charge is 0.368 e. The zero-order chi connectivity index (χ0) is 21.8. The lowest BCUT2D eigenvalue weighted by Crippen LogP contribution is -2.49. The monoisotopic (exact) mass is 418 g/mol. The Kier molecular flexibility index (Phi) is 5.97. The zero-order valence-electron chi connectivity index (χ0n) is 17.7. The van der Waals surface area contributed by atoms with E-state index in [1.165, 1.54) is 0 Å². The highest BCUT2D eigenvalue weighted by Gasteiger charge is 2.22. The van der Waals surface area contributed by atoms with Crippen LogP contribution < -0.4 is 10.2 Å².